The Morgan fingerprint density at radius 2 is 2.05 bits per heavy atom. The molecule has 1 aromatic heterocycles. The second-order valence-electron chi connectivity index (χ2n) is 3.96. The summed E-state index contributed by atoms with van der Waals surface area (Å²) in [6.45, 7) is 0. The maximum absolute atomic E-state index is 12.2. The van der Waals surface area contributed by atoms with Crippen LogP contribution in [0.1, 0.15) is 20.7 Å². The van der Waals surface area contributed by atoms with Crippen LogP contribution in [0.25, 0.3) is 0 Å². The van der Waals surface area contributed by atoms with E-state index in [4.69, 9.17) is 5.73 Å². The molecule has 0 bridgehead atoms. The van der Waals surface area contributed by atoms with Crippen LogP contribution in [0.5, 0.6) is 0 Å². The molecule has 20 heavy (non-hydrogen) atoms. The lowest BCUT2D eigenvalue weighted by atomic mass is 10.2. The minimum absolute atomic E-state index is 0.274. The number of primary amides is 1. The lowest BCUT2D eigenvalue weighted by Crippen LogP contribution is -2.15. The van der Waals surface area contributed by atoms with Gasteiger partial charge >= 0.3 is 0 Å². The number of carbonyl (C=O) groups is 2. The molecule has 0 aliphatic rings. The summed E-state index contributed by atoms with van der Waals surface area (Å²) in [4.78, 5) is 27.4. The van der Waals surface area contributed by atoms with Gasteiger partial charge in [-0.25, -0.2) is 4.98 Å². The predicted octanol–water partition coefficient (Wildman–Crippen LogP) is 2.15. The topological polar surface area (TPSA) is 85.1 Å². The first kappa shape index (κ1) is 14.1. The van der Waals surface area contributed by atoms with Crippen LogP contribution < -0.4 is 11.1 Å². The summed E-state index contributed by atoms with van der Waals surface area (Å²) in [5, 5.41) is 3.38. The normalized spacial score (nSPS) is 10.1. The highest BCUT2D eigenvalue weighted by atomic mass is 32.2. The van der Waals surface area contributed by atoms with E-state index < -0.39 is 5.91 Å². The molecule has 2 rings (SSSR count). The van der Waals surface area contributed by atoms with Crippen molar-refractivity contribution >= 4 is 29.3 Å². The maximum atomic E-state index is 12.2. The highest BCUT2D eigenvalue weighted by Crippen LogP contribution is 2.19. The number of aromatic nitrogens is 1. The van der Waals surface area contributed by atoms with Gasteiger partial charge in [-0.1, -0.05) is 6.07 Å². The highest BCUT2D eigenvalue weighted by Gasteiger charge is 2.12. The van der Waals surface area contributed by atoms with Crippen molar-refractivity contribution in [2.45, 2.75) is 5.03 Å². The van der Waals surface area contributed by atoms with E-state index in [0.717, 1.165) is 0 Å². The standard InChI is InChI=1S/C14H13N3O2S/c1-20-14-11(6-3-7-16-14)13(19)17-10-5-2-4-9(8-10)12(15)18/h2-8H,1H3,(H2,15,18)(H,17,19). The van der Waals surface area contributed by atoms with E-state index in [0.29, 0.717) is 21.8 Å². The van der Waals surface area contributed by atoms with Crippen molar-refractivity contribution in [1.29, 1.82) is 0 Å². The summed E-state index contributed by atoms with van der Waals surface area (Å²) in [5.74, 6) is -0.809. The first-order valence-electron chi connectivity index (χ1n) is 5.82. The number of benzene rings is 1. The first-order chi connectivity index (χ1) is 9.61. The van der Waals surface area contributed by atoms with Crippen molar-refractivity contribution in [2.24, 2.45) is 5.73 Å². The van der Waals surface area contributed by atoms with Crippen LogP contribution in [0, 0.1) is 0 Å². The van der Waals surface area contributed by atoms with E-state index >= 15 is 0 Å². The molecular weight excluding hydrogens is 274 g/mol. The molecule has 0 aliphatic heterocycles. The molecule has 0 saturated carbocycles. The van der Waals surface area contributed by atoms with Gasteiger partial charge in [-0.15, -0.1) is 11.8 Å². The van der Waals surface area contributed by atoms with Crippen molar-refractivity contribution in [3.8, 4) is 0 Å². The van der Waals surface area contributed by atoms with Gasteiger partial charge in [-0.2, -0.15) is 0 Å². The largest absolute Gasteiger partial charge is 0.366 e. The molecule has 2 amide bonds. The van der Waals surface area contributed by atoms with Crippen LogP contribution in [0.15, 0.2) is 47.6 Å². The van der Waals surface area contributed by atoms with Crippen LogP contribution in [0.3, 0.4) is 0 Å². The number of rotatable bonds is 4. The molecule has 0 atom stereocenters. The van der Waals surface area contributed by atoms with E-state index in [1.807, 2.05) is 6.26 Å². The quantitative estimate of drug-likeness (QED) is 0.844. The number of pyridine rings is 1. The smallest absolute Gasteiger partial charge is 0.258 e. The summed E-state index contributed by atoms with van der Waals surface area (Å²) in [5.41, 5.74) is 6.56. The Bertz CT molecular complexity index is 658. The lowest BCUT2D eigenvalue weighted by Gasteiger charge is -2.08. The Morgan fingerprint density at radius 1 is 1.25 bits per heavy atom. The fourth-order valence-corrected chi connectivity index (χ4v) is 2.22. The van der Waals surface area contributed by atoms with Gasteiger partial charge in [0.2, 0.25) is 5.91 Å². The lowest BCUT2D eigenvalue weighted by molar-refractivity contribution is 0.0995. The molecule has 0 unspecified atom stereocenters. The molecule has 0 saturated heterocycles. The molecule has 0 radical (unpaired) electrons. The molecule has 2 aromatic rings. The third-order valence-corrected chi connectivity index (χ3v) is 3.33. The fraction of sp³-hybridized carbons (Fsp3) is 0.0714. The van der Waals surface area contributed by atoms with E-state index in [2.05, 4.69) is 10.3 Å². The Labute approximate surface area is 120 Å². The second-order valence-corrected chi connectivity index (χ2v) is 4.75. The average Bonchev–Trinajstić information content (AvgIpc) is 2.47. The van der Waals surface area contributed by atoms with Crippen LogP contribution in [0.2, 0.25) is 0 Å². The van der Waals surface area contributed by atoms with Gasteiger partial charge in [0.05, 0.1) is 5.56 Å². The summed E-state index contributed by atoms with van der Waals surface area (Å²) in [7, 11) is 0. The molecule has 0 aliphatic carbocycles. The molecule has 0 spiro atoms. The minimum atomic E-state index is -0.535. The summed E-state index contributed by atoms with van der Waals surface area (Å²) in [6, 6.07) is 9.89. The summed E-state index contributed by atoms with van der Waals surface area (Å²) in [6.07, 6.45) is 3.49. The molecule has 5 nitrogen and oxygen atoms in total. The zero-order chi connectivity index (χ0) is 14.5. The minimum Gasteiger partial charge on any atom is -0.366 e. The highest BCUT2D eigenvalue weighted by molar-refractivity contribution is 7.98. The molecule has 1 heterocycles. The van der Waals surface area contributed by atoms with Gasteiger partial charge in [0.15, 0.2) is 0 Å². The van der Waals surface area contributed by atoms with Crippen LogP contribution >= 0.6 is 11.8 Å². The third kappa shape index (κ3) is 3.16. The molecular formula is C14H13N3O2S. The van der Waals surface area contributed by atoms with E-state index in [1.54, 1.807) is 36.5 Å². The van der Waals surface area contributed by atoms with Crippen molar-refractivity contribution in [3.63, 3.8) is 0 Å². The number of carbonyl (C=O) groups excluding carboxylic acids is 2. The monoisotopic (exact) mass is 287 g/mol. The molecule has 102 valence electrons. The van der Waals surface area contributed by atoms with Gasteiger partial charge in [0.25, 0.3) is 5.91 Å². The van der Waals surface area contributed by atoms with Crippen molar-refractivity contribution in [3.05, 3.63) is 53.7 Å². The maximum Gasteiger partial charge on any atom is 0.258 e. The van der Waals surface area contributed by atoms with Crippen LogP contribution in [0.4, 0.5) is 5.69 Å². The molecule has 1 aromatic carbocycles. The number of anilines is 1. The van der Waals surface area contributed by atoms with Gasteiger partial charge in [-0.05, 0) is 36.6 Å². The molecule has 6 heteroatoms. The van der Waals surface area contributed by atoms with Gasteiger partial charge in [-0.3, -0.25) is 9.59 Å². The van der Waals surface area contributed by atoms with Crippen LogP contribution in [-0.4, -0.2) is 23.1 Å². The number of hydrogen-bond acceptors (Lipinski definition) is 4. The Morgan fingerprint density at radius 3 is 2.75 bits per heavy atom. The number of amides is 2. The van der Waals surface area contributed by atoms with Gasteiger partial charge in [0, 0.05) is 17.4 Å². The third-order valence-electron chi connectivity index (χ3n) is 2.61. The van der Waals surface area contributed by atoms with E-state index in [9.17, 15) is 9.59 Å². The average molecular weight is 287 g/mol. The van der Waals surface area contributed by atoms with Gasteiger partial charge < -0.3 is 11.1 Å². The van der Waals surface area contributed by atoms with Crippen LogP contribution in [-0.2, 0) is 0 Å². The number of nitrogens with zero attached hydrogens (tertiary/aromatic N) is 1. The molecule has 0 fully saturated rings. The van der Waals surface area contributed by atoms with E-state index in [1.165, 1.54) is 17.8 Å². The number of hydrogen-bond donors (Lipinski definition) is 2. The summed E-state index contributed by atoms with van der Waals surface area (Å²) < 4.78 is 0. The first-order valence-corrected chi connectivity index (χ1v) is 7.04. The zero-order valence-corrected chi connectivity index (χ0v) is 11.6. The number of thioether (sulfide) groups is 1. The zero-order valence-electron chi connectivity index (χ0n) is 10.8. The Kier molecular flexibility index (Phi) is 4.37. The van der Waals surface area contributed by atoms with Crippen molar-refractivity contribution in [2.75, 3.05) is 11.6 Å². The molecule has 3 N–H and O–H groups in total. The fourth-order valence-electron chi connectivity index (χ4n) is 1.67. The van der Waals surface area contributed by atoms with Crippen molar-refractivity contribution in [1.82, 2.24) is 4.98 Å². The number of nitrogens with one attached hydrogen (secondary N) is 1. The Hall–Kier alpha value is -2.34. The Balaban J connectivity index is 2.23. The number of nitrogens with two attached hydrogens (primary N) is 1. The predicted molar refractivity (Wildman–Crippen MR) is 78.9 cm³/mol. The SMILES string of the molecule is CSc1ncccc1C(=O)Nc1cccc(C(N)=O)c1. The van der Waals surface area contributed by atoms with E-state index in [-0.39, 0.29) is 5.91 Å². The van der Waals surface area contributed by atoms with Crippen molar-refractivity contribution < 1.29 is 9.59 Å². The second kappa shape index (κ2) is 6.21. The summed E-state index contributed by atoms with van der Waals surface area (Å²) >= 11 is 1.40. The van der Waals surface area contributed by atoms with Gasteiger partial charge in [0.1, 0.15) is 5.03 Å².